The number of hydrogen-bond acceptors (Lipinski definition) is 2. The maximum atomic E-state index is 13.4. The Balaban J connectivity index is 1.66. The molecule has 0 saturated carbocycles. The molecule has 0 spiro atoms. The number of nitrogens with one attached hydrogen (secondary N) is 1. The Morgan fingerprint density at radius 3 is 2.30 bits per heavy atom. The molecule has 4 aromatic rings. The van der Waals surface area contributed by atoms with Gasteiger partial charge in [0.05, 0.1) is 10.4 Å². The Morgan fingerprint density at radius 2 is 1.60 bits per heavy atom. The molecule has 1 amide bonds. The van der Waals surface area contributed by atoms with Gasteiger partial charge in [0.25, 0.3) is 5.91 Å². The highest BCUT2D eigenvalue weighted by atomic mass is 32.2. The van der Waals surface area contributed by atoms with Crippen molar-refractivity contribution in [3.05, 3.63) is 90.6 Å². The van der Waals surface area contributed by atoms with Gasteiger partial charge >= 0.3 is 0 Å². The summed E-state index contributed by atoms with van der Waals surface area (Å²) in [5.74, 6) is 0.278. The Morgan fingerprint density at radius 1 is 0.933 bits per heavy atom. The summed E-state index contributed by atoms with van der Waals surface area (Å²) < 4.78 is 15.2. The van der Waals surface area contributed by atoms with E-state index in [1.807, 2.05) is 48.7 Å². The molecular formula is C25H24N2O2S. The normalized spacial score (nSPS) is 12.2. The summed E-state index contributed by atoms with van der Waals surface area (Å²) in [5, 5.41) is 3.96. The summed E-state index contributed by atoms with van der Waals surface area (Å²) >= 11 is 0. The SMILES string of the molecule is CC(C)CNC(=O)c1ccc(S(=O)n2cc(-c3ccccc3)c3ccccc32)cc1. The molecule has 1 N–H and O–H groups in total. The van der Waals surface area contributed by atoms with E-state index in [0.717, 1.165) is 22.0 Å². The number of benzene rings is 3. The Hall–Kier alpha value is -3.18. The van der Waals surface area contributed by atoms with E-state index < -0.39 is 11.0 Å². The third kappa shape index (κ3) is 4.07. The van der Waals surface area contributed by atoms with Crippen molar-refractivity contribution in [2.24, 2.45) is 5.92 Å². The topological polar surface area (TPSA) is 51.1 Å². The van der Waals surface area contributed by atoms with Crippen molar-refractivity contribution in [1.29, 1.82) is 0 Å². The zero-order valence-corrected chi connectivity index (χ0v) is 17.9. The summed E-state index contributed by atoms with van der Waals surface area (Å²) in [6.45, 7) is 4.74. The monoisotopic (exact) mass is 416 g/mol. The van der Waals surface area contributed by atoms with Gasteiger partial charge in [0.1, 0.15) is 0 Å². The molecule has 1 unspecified atom stereocenters. The second kappa shape index (κ2) is 8.67. The molecule has 0 saturated heterocycles. The zero-order chi connectivity index (χ0) is 21.1. The summed E-state index contributed by atoms with van der Waals surface area (Å²) in [6.07, 6.45) is 1.94. The number of nitrogens with zero attached hydrogens (tertiary/aromatic N) is 1. The largest absolute Gasteiger partial charge is 0.352 e. The number of carbonyl (C=O) groups is 1. The van der Waals surface area contributed by atoms with Gasteiger partial charge < -0.3 is 5.32 Å². The van der Waals surface area contributed by atoms with Gasteiger partial charge in [-0.1, -0.05) is 62.4 Å². The molecule has 4 rings (SSSR count). The third-order valence-electron chi connectivity index (χ3n) is 4.93. The molecule has 0 aliphatic carbocycles. The van der Waals surface area contributed by atoms with Crippen LogP contribution in [0.4, 0.5) is 0 Å². The first-order valence-corrected chi connectivity index (χ1v) is 11.1. The standard InChI is InChI=1S/C25H24N2O2S/c1-18(2)16-26-25(28)20-12-14-21(15-13-20)30(29)27-17-23(19-8-4-3-5-9-19)22-10-6-7-11-24(22)27/h3-15,17-18H,16H2,1-2H3,(H,26,28). The van der Waals surface area contributed by atoms with Gasteiger partial charge in [-0.15, -0.1) is 0 Å². The lowest BCUT2D eigenvalue weighted by atomic mass is 10.1. The van der Waals surface area contributed by atoms with Gasteiger partial charge in [-0.2, -0.15) is 0 Å². The van der Waals surface area contributed by atoms with E-state index >= 15 is 0 Å². The first kappa shape index (κ1) is 20.1. The molecule has 0 radical (unpaired) electrons. The molecule has 0 fully saturated rings. The number of rotatable bonds is 6. The van der Waals surface area contributed by atoms with Gasteiger partial charge in [-0.3, -0.25) is 8.77 Å². The van der Waals surface area contributed by atoms with Gasteiger partial charge in [0.15, 0.2) is 11.0 Å². The molecule has 0 bridgehead atoms. The maximum absolute atomic E-state index is 13.4. The van der Waals surface area contributed by atoms with Crippen LogP contribution in [0.15, 0.2) is 90.0 Å². The van der Waals surface area contributed by atoms with Crippen molar-refractivity contribution >= 4 is 27.8 Å². The Kier molecular flexibility index (Phi) is 5.81. The number of para-hydroxylation sites is 1. The van der Waals surface area contributed by atoms with Crippen molar-refractivity contribution in [1.82, 2.24) is 9.29 Å². The van der Waals surface area contributed by atoms with Crippen molar-refractivity contribution < 1.29 is 9.00 Å². The molecule has 3 aromatic carbocycles. The van der Waals surface area contributed by atoms with E-state index in [0.29, 0.717) is 22.9 Å². The second-order valence-electron chi connectivity index (χ2n) is 7.63. The maximum Gasteiger partial charge on any atom is 0.251 e. The average molecular weight is 417 g/mol. The average Bonchev–Trinajstić information content (AvgIpc) is 3.17. The molecule has 5 heteroatoms. The van der Waals surface area contributed by atoms with Crippen molar-refractivity contribution in [3.63, 3.8) is 0 Å². The molecule has 0 aliphatic rings. The fourth-order valence-electron chi connectivity index (χ4n) is 3.37. The van der Waals surface area contributed by atoms with Gasteiger partial charge in [-0.05, 0) is 41.8 Å². The highest BCUT2D eigenvalue weighted by molar-refractivity contribution is 7.83. The highest BCUT2D eigenvalue weighted by Gasteiger charge is 2.15. The van der Waals surface area contributed by atoms with Crippen LogP contribution in [0.2, 0.25) is 0 Å². The third-order valence-corrected chi connectivity index (χ3v) is 6.27. The van der Waals surface area contributed by atoms with Crippen LogP contribution in [0.5, 0.6) is 0 Å². The van der Waals surface area contributed by atoms with E-state index in [2.05, 4.69) is 31.3 Å². The smallest absolute Gasteiger partial charge is 0.251 e. The van der Waals surface area contributed by atoms with Crippen LogP contribution in [0.1, 0.15) is 24.2 Å². The summed E-state index contributed by atoms with van der Waals surface area (Å²) in [7, 11) is -1.42. The van der Waals surface area contributed by atoms with Crippen LogP contribution < -0.4 is 5.32 Å². The highest BCUT2D eigenvalue weighted by Crippen LogP contribution is 2.31. The van der Waals surface area contributed by atoms with E-state index in [1.165, 1.54) is 0 Å². The quantitative estimate of drug-likeness (QED) is 0.466. The van der Waals surface area contributed by atoms with Crippen LogP contribution in [-0.4, -0.2) is 20.6 Å². The Bertz CT molecular complexity index is 1200. The number of aromatic nitrogens is 1. The van der Waals surface area contributed by atoms with Crippen LogP contribution in [0, 0.1) is 5.92 Å². The molecule has 1 heterocycles. The fourth-order valence-corrected chi connectivity index (χ4v) is 4.51. The first-order chi connectivity index (χ1) is 14.5. The predicted octanol–water partition coefficient (Wildman–Crippen LogP) is 5.27. The van der Waals surface area contributed by atoms with Crippen molar-refractivity contribution in [2.45, 2.75) is 18.7 Å². The first-order valence-electron chi connectivity index (χ1n) is 10.0. The van der Waals surface area contributed by atoms with Crippen LogP contribution in [-0.2, 0) is 11.0 Å². The minimum Gasteiger partial charge on any atom is -0.352 e. The predicted molar refractivity (Wildman–Crippen MR) is 123 cm³/mol. The van der Waals surface area contributed by atoms with Gasteiger partial charge in [0.2, 0.25) is 0 Å². The molecule has 30 heavy (non-hydrogen) atoms. The Labute approximate surface area is 179 Å². The number of hydrogen-bond donors (Lipinski definition) is 1. The summed E-state index contributed by atoms with van der Waals surface area (Å²) in [6, 6.07) is 25.1. The van der Waals surface area contributed by atoms with E-state index in [-0.39, 0.29) is 5.91 Å². The molecule has 4 nitrogen and oxygen atoms in total. The van der Waals surface area contributed by atoms with Crippen molar-refractivity contribution in [2.75, 3.05) is 6.54 Å². The van der Waals surface area contributed by atoms with E-state index in [4.69, 9.17) is 0 Å². The van der Waals surface area contributed by atoms with Crippen LogP contribution in [0.3, 0.4) is 0 Å². The van der Waals surface area contributed by atoms with Crippen LogP contribution in [0.25, 0.3) is 22.0 Å². The van der Waals surface area contributed by atoms with Crippen molar-refractivity contribution in [3.8, 4) is 11.1 Å². The van der Waals surface area contributed by atoms with E-state index in [1.54, 1.807) is 28.2 Å². The minimum atomic E-state index is -1.42. The van der Waals surface area contributed by atoms with Gasteiger partial charge in [-0.25, -0.2) is 4.21 Å². The minimum absolute atomic E-state index is 0.112. The lowest BCUT2D eigenvalue weighted by Gasteiger charge is -2.09. The number of amides is 1. The zero-order valence-electron chi connectivity index (χ0n) is 17.0. The fraction of sp³-hybridized carbons (Fsp3) is 0.160. The second-order valence-corrected chi connectivity index (χ2v) is 8.99. The molecular weight excluding hydrogens is 392 g/mol. The molecule has 0 aliphatic heterocycles. The lowest BCUT2D eigenvalue weighted by Crippen LogP contribution is -2.27. The molecule has 1 atom stereocenters. The number of carbonyl (C=O) groups excluding carboxylic acids is 1. The summed E-state index contributed by atoms with van der Waals surface area (Å²) in [5.41, 5.74) is 3.61. The number of fused-ring (bicyclic) bond motifs is 1. The molecule has 152 valence electrons. The lowest BCUT2D eigenvalue weighted by molar-refractivity contribution is 0.0949. The van der Waals surface area contributed by atoms with Crippen LogP contribution >= 0.6 is 0 Å². The summed E-state index contributed by atoms with van der Waals surface area (Å²) in [4.78, 5) is 12.9. The van der Waals surface area contributed by atoms with Gasteiger partial charge in [0, 0.05) is 29.3 Å². The van der Waals surface area contributed by atoms with E-state index in [9.17, 15) is 9.00 Å². The molecule has 1 aromatic heterocycles.